The Hall–Kier alpha value is -4.47. The van der Waals surface area contributed by atoms with E-state index in [0.29, 0.717) is 17.7 Å². The molecule has 10 heteroatoms. The number of hydrogen-bond acceptors (Lipinski definition) is 3. The van der Waals surface area contributed by atoms with Crippen LogP contribution >= 0.6 is 0 Å². The summed E-state index contributed by atoms with van der Waals surface area (Å²) in [7, 11) is 1.41. The van der Waals surface area contributed by atoms with Crippen molar-refractivity contribution in [3.63, 3.8) is 0 Å². The zero-order valence-electron chi connectivity index (χ0n) is 21.6. The number of allylic oxidation sites excluding steroid dienone is 1. The Morgan fingerprint density at radius 2 is 1.62 bits per heavy atom. The number of carbonyl (C=O) groups is 2. The molecule has 2 N–H and O–H groups in total. The minimum atomic E-state index is -4.46. The number of nitrogens with one attached hydrogen (secondary N) is 2. The van der Waals surface area contributed by atoms with Crippen molar-refractivity contribution in [1.29, 1.82) is 0 Å². The average molecular weight is 557 g/mol. The van der Waals surface area contributed by atoms with Crippen LogP contribution in [0.4, 0.5) is 22.0 Å². The lowest BCUT2D eigenvalue weighted by Crippen LogP contribution is -2.23. The maximum atomic E-state index is 14.6. The molecular weight excluding hydrogens is 531 g/mol. The molecule has 4 aromatic rings. The van der Waals surface area contributed by atoms with E-state index in [9.17, 15) is 31.5 Å². The van der Waals surface area contributed by atoms with Crippen molar-refractivity contribution in [2.75, 3.05) is 7.05 Å². The van der Waals surface area contributed by atoms with Crippen LogP contribution < -0.4 is 10.6 Å². The summed E-state index contributed by atoms with van der Waals surface area (Å²) in [4.78, 5) is 25.6. The Labute approximate surface area is 226 Å². The number of halogens is 5. The summed E-state index contributed by atoms with van der Waals surface area (Å²) in [5.41, 5.74) is 1.39. The number of furan rings is 1. The minimum absolute atomic E-state index is 0.0899. The second-order valence-electron chi connectivity index (χ2n) is 9.12. The molecule has 5 nitrogen and oxygen atoms in total. The smallest absolute Gasteiger partial charge is 0.389 e. The fraction of sp³-hybridized carbons (Fsp3) is 0.200. The van der Waals surface area contributed by atoms with Crippen LogP contribution in [-0.4, -0.2) is 25.0 Å². The third kappa shape index (κ3) is 6.06. The van der Waals surface area contributed by atoms with Gasteiger partial charge in [0, 0.05) is 30.1 Å². The van der Waals surface area contributed by atoms with Crippen molar-refractivity contribution >= 4 is 22.8 Å². The second-order valence-corrected chi connectivity index (χ2v) is 9.12. The van der Waals surface area contributed by atoms with E-state index in [-0.39, 0.29) is 44.5 Å². The van der Waals surface area contributed by atoms with Gasteiger partial charge in [-0.1, -0.05) is 19.6 Å². The van der Waals surface area contributed by atoms with Crippen LogP contribution in [-0.2, 0) is 6.42 Å². The normalized spacial score (nSPS) is 11.5. The lowest BCUT2D eigenvalue weighted by molar-refractivity contribution is -0.133. The van der Waals surface area contributed by atoms with E-state index < -0.39 is 42.5 Å². The standard InChI is InChI=1S/C30H25F5N2O3/c1-4-16(2)37-28(38)22-13-18(7-10-24(22)32)21-15-23-25(14-19(21)11-12-30(33,34)35)40-27(26(23)29(39)36-3)17-5-8-20(31)9-6-17/h5-10,13-15H,2,4,11-12H2,1,3H3,(H,36,39)(H,37,38). The molecule has 1 aromatic heterocycles. The minimum Gasteiger partial charge on any atom is -0.455 e. The Morgan fingerprint density at radius 3 is 2.25 bits per heavy atom. The number of carbonyl (C=O) groups excluding carboxylic acids is 2. The fourth-order valence-electron chi connectivity index (χ4n) is 4.28. The van der Waals surface area contributed by atoms with Gasteiger partial charge < -0.3 is 15.1 Å². The highest BCUT2D eigenvalue weighted by Crippen LogP contribution is 2.39. The summed E-state index contributed by atoms with van der Waals surface area (Å²) in [6, 6.07) is 11.7. The van der Waals surface area contributed by atoms with Gasteiger partial charge in [0.05, 0.1) is 11.1 Å². The number of benzene rings is 3. The van der Waals surface area contributed by atoms with E-state index in [1.54, 1.807) is 6.92 Å². The highest BCUT2D eigenvalue weighted by atomic mass is 19.4. The van der Waals surface area contributed by atoms with Gasteiger partial charge in [0.25, 0.3) is 11.8 Å². The summed E-state index contributed by atoms with van der Waals surface area (Å²) in [5, 5.41) is 5.29. The highest BCUT2D eigenvalue weighted by Gasteiger charge is 2.29. The highest BCUT2D eigenvalue weighted by molar-refractivity contribution is 6.12. The first-order chi connectivity index (χ1) is 18.9. The molecule has 40 heavy (non-hydrogen) atoms. The molecule has 0 atom stereocenters. The summed E-state index contributed by atoms with van der Waals surface area (Å²) in [6.07, 6.45) is -5.63. The molecule has 4 rings (SSSR count). The SMILES string of the molecule is C=C(CC)NC(=O)c1cc(-c2cc3c(C(=O)NC)c(-c4ccc(F)cc4)oc3cc2CCC(F)(F)F)ccc1F. The Bertz CT molecular complexity index is 1600. The molecule has 3 aromatic carbocycles. The lowest BCUT2D eigenvalue weighted by Gasteiger charge is -2.14. The predicted molar refractivity (Wildman–Crippen MR) is 142 cm³/mol. The summed E-state index contributed by atoms with van der Waals surface area (Å²) < 4.78 is 73.8. The average Bonchev–Trinajstić information content (AvgIpc) is 3.29. The van der Waals surface area contributed by atoms with Crippen molar-refractivity contribution in [2.45, 2.75) is 32.4 Å². The number of amides is 2. The topological polar surface area (TPSA) is 71.3 Å². The number of alkyl halides is 3. The molecule has 0 saturated carbocycles. The van der Waals surface area contributed by atoms with Gasteiger partial charge in [0.2, 0.25) is 0 Å². The van der Waals surface area contributed by atoms with E-state index in [1.165, 1.54) is 55.6 Å². The van der Waals surface area contributed by atoms with Crippen molar-refractivity contribution in [3.8, 4) is 22.5 Å². The molecule has 0 aliphatic heterocycles. The van der Waals surface area contributed by atoms with Crippen molar-refractivity contribution < 1.29 is 36.0 Å². The molecule has 0 spiro atoms. The van der Waals surface area contributed by atoms with Crippen molar-refractivity contribution in [3.05, 3.63) is 95.2 Å². The van der Waals surface area contributed by atoms with E-state index in [4.69, 9.17) is 4.42 Å². The van der Waals surface area contributed by atoms with Crippen LogP contribution in [0, 0.1) is 11.6 Å². The van der Waals surface area contributed by atoms with Crippen LogP contribution in [0.15, 0.2) is 71.3 Å². The van der Waals surface area contributed by atoms with Crippen LogP contribution in [0.25, 0.3) is 33.4 Å². The van der Waals surface area contributed by atoms with Crippen LogP contribution in [0.1, 0.15) is 46.0 Å². The van der Waals surface area contributed by atoms with Gasteiger partial charge in [-0.3, -0.25) is 9.59 Å². The van der Waals surface area contributed by atoms with Crippen LogP contribution in [0.5, 0.6) is 0 Å². The number of fused-ring (bicyclic) bond motifs is 1. The lowest BCUT2D eigenvalue weighted by atomic mass is 9.92. The molecule has 0 fully saturated rings. The van der Waals surface area contributed by atoms with Gasteiger partial charge in [-0.05, 0) is 78.1 Å². The number of aryl methyl sites for hydroxylation is 1. The van der Waals surface area contributed by atoms with E-state index >= 15 is 0 Å². The van der Waals surface area contributed by atoms with E-state index in [1.807, 2.05) is 0 Å². The first kappa shape index (κ1) is 28.5. The Balaban J connectivity index is 1.95. The largest absolute Gasteiger partial charge is 0.455 e. The summed E-state index contributed by atoms with van der Waals surface area (Å²) in [6.45, 7) is 5.44. The van der Waals surface area contributed by atoms with Gasteiger partial charge in [-0.15, -0.1) is 0 Å². The monoisotopic (exact) mass is 556 g/mol. The third-order valence-corrected chi connectivity index (χ3v) is 6.39. The first-order valence-electron chi connectivity index (χ1n) is 12.3. The van der Waals surface area contributed by atoms with E-state index in [0.717, 1.165) is 6.07 Å². The fourth-order valence-corrected chi connectivity index (χ4v) is 4.28. The Kier molecular flexibility index (Phi) is 8.08. The molecule has 2 amide bonds. The molecule has 208 valence electrons. The van der Waals surface area contributed by atoms with Gasteiger partial charge in [0.1, 0.15) is 23.0 Å². The molecule has 0 bridgehead atoms. The van der Waals surface area contributed by atoms with Crippen LogP contribution in [0.3, 0.4) is 0 Å². The molecular formula is C30H25F5N2O3. The van der Waals surface area contributed by atoms with Gasteiger partial charge >= 0.3 is 6.18 Å². The maximum Gasteiger partial charge on any atom is 0.389 e. The van der Waals surface area contributed by atoms with Crippen LogP contribution in [0.2, 0.25) is 0 Å². The molecule has 0 saturated heterocycles. The zero-order valence-corrected chi connectivity index (χ0v) is 21.6. The molecule has 1 heterocycles. The zero-order chi connectivity index (χ0) is 29.2. The van der Waals surface area contributed by atoms with Crippen molar-refractivity contribution in [1.82, 2.24) is 10.6 Å². The van der Waals surface area contributed by atoms with Gasteiger partial charge in [-0.25, -0.2) is 8.78 Å². The predicted octanol–water partition coefficient (Wildman–Crippen LogP) is 7.55. The molecule has 0 aliphatic carbocycles. The number of rotatable bonds is 8. The summed E-state index contributed by atoms with van der Waals surface area (Å²) in [5.74, 6) is -2.51. The number of hydrogen-bond donors (Lipinski definition) is 2. The van der Waals surface area contributed by atoms with Gasteiger partial charge in [-0.2, -0.15) is 13.2 Å². The summed E-state index contributed by atoms with van der Waals surface area (Å²) >= 11 is 0. The third-order valence-electron chi connectivity index (χ3n) is 6.39. The molecule has 0 aliphatic rings. The second kappa shape index (κ2) is 11.3. The first-order valence-corrected chi connectivity index (χ1v) is 12.3. The quantitative estimate of drug-likeness (QED) is 0.220. The maximum absolute atomic E-state index is 14.6. The van der Waals surface area contributed by atoms with Gasteiger partial charge in [0.15, 0.2) is 0 Å². The molecule has 0 radical (unpaired) electrons. The molecule has 0 unspecified atom stereocenters. The Morgan fingerprint density at radius 1 is 0.950 bits per heavy atom. The van der Waals surface area contributed by atoms with Crippen molar-refractivity contribution in [2.24, 2.45) is 0 Å². The van der Waals surface area contributed by atoms with E-state index in [2.05, 4.69) is 17.2 Å².